The third-order valence-corrected chi connectivity index (χ3v) is 4.03. The van der Waals surface area contributed by atoms with Gasteiger partial charge in [-0.3, -0.25) is 14.6 Å². The fourth-order valence-corrected chi connectivity index (χ4v) is 2.66. The molecule has 0 aliphatic rings. The van der Waals surface area contributed by atoms with E-state index in [-0.39, 0.29) is 11.8 Å². The van der Waals surface area contributed by atoms with E-state index in [1.54, 1.807) is 37.4 Å². The molecule has 27 heavy (non-hydrogen) atoms. The van der Waals surface area contributed by atoms with Crippen molar-refractivity contribution in [3.05, 3.63) is 76.9 Å². The predicted octanol–water partition coefficient (Wildman–Crippen LogP) is 3.12. The average Bonchev–Trinajstić information content (AvgIpc) is 3.08. The number of carbonyl (C=O) groups is 2. The van der Waals surface area contributed by atoms with Gasteiger partial charge >= 0.3 is 0 Å². The van der Waals surface area contributed by atoms with Crippen molar-refractivity contribution in [3.8, 4) is 0 Å². The second-order valence-corrected chi connectivity index (χ2v) is 5.95. The van der Waals surface area contributed by atoms with Crippen molar-refractivity contribution >= 4 is 17.5 Å². The Morgan fingerprint density at radius 2 is 1.96 bits per heavy atom. The second-order valence-electron chi connectivity index (χ2n) is 5.95. The summed E-state index contributed by atoms with van der Waals surface area (Å²) in [6.45, 7) is 3.93. The zero-order valence-electron chi connectivity index (χ0n) is 15.2. The molecule has 3 aromatic rings. The molecule has 0 spiro atoms. The minimum Gasteiger partial charge on any atom is -0.361 e. The van der Waals surface area contributed by atoms with Gasteiger partial charge in [0.05, 0.1) is 17.9 Å². The van der Waals surface area contributed by atoms with Crippen molar-refractivity contribution < 1.29 is 14.1 Å². The first-order valence-corrected chi connectivity index (χ1v) is 8.63. The molecular weight excluding hydrogens is 344 g/mol. The first kappa shape index (κ1) is 18.3. The zero-order chi connectivity index (χ0) is 19.2. The smallest absolute Gasteiger partial charge is 0.261 e. The van der Waals surface area contributed by atoms with Crippen LogP contribution in [0.15, 0.2) is 53.2 Å². The SMILES string of the molecule is CCc1noc(C)c1C(=O)Nc1cccc(C(=O)NCc2ccccn2)c1. The predicted molar refractivity (Wildman–Crippen MR) is 100 cm³/mol. The number of nitrogens with zero attached hydrogens (tertiary/aromatic N) is 2. The van der Waals surface area contributed by atoms with Crippen LogP contribution in [0.2, 0.25) is 0 Å². The summed E-state index contributed by atoms with van der Waals surface area (Å²) < 4.78 is 5.10. The third kappa shape index (κ3) is 4.38. The fourth-order valence-electron chi connectivity index (χ4n) is 2.66. The maximum atomic E-state index is 12.5. The number of rotatable bonds is 6. The van der Waals surface area contributed by atoms with Gasteiger partial charge in [-0.15, -0.1) is 0 Å². The van der Waals surface area contributed by atoms with Crippen molar-refractivity contribution in [2.45, 2.75) is 26.8 Å². The van der Waals surface area contributed by atoms with Crippen LogP contribution in [0.5, 0.6) is 0 Å². The van der Waals surface area contributed by atoms with E-state index in [1.807, 2.05) is 25.1 Å². The van der Waals surface area contributed by atoms with Crippen molar-refractivity contribution in [2.75, 3.05) is 5.32 Å². The summed E-state index contributed by atoms with van der Waals surface area (Å²) in [5.41, 5.74) is 2.77. The van der Waals surface area contributed by atoms with Gasteiger partial charge in [-0.2, -0.15) is 0 Å². The highest BCUT2D eigenvalue weighted by atomic mass is 16.5. The molecule has 0 unspecified atom stereocenters. The van der Waals surface area contributed by atoms with Gasteiger partial charge in [0, 0.05) is 17.4 Å². The molecule has 3 rings (SSSR count). The summed E-state index contributed by atoms with van der Waals surface area (Å²) >= 11 is 0. The highest BCUT2D eigenvalue weighted by Crippen LogP contribution is 2.17. The van der Waals surface area contributed by atoms with Gasteiger partial charge in [0.15, 0.2) is 0 Å². The van der Waals surface area contributed by atoms with Crippen LogP contribution in [0.25, 0.3) is 0 Å². The molecule has 0 aliphatic carbocycles. The Balaban J connectivity index is 1.69. The molecule has 0 aliphatic heterocycles. The fraction of sp³-hybridized carbons (Fsp3) is 0.200. The van der Waals surface area contributed by atoms with E-state index in [2.05, 4.69) is 20.8 Å². The Labute approximate surface area is 156 Å². The average molecular weight is 364 g/mol. The molecule has 0 bridgehead atoms. The Hall–Kier alpha value is -3.48. The molecule has 0 saturated heterocycles. The van der Waals surface area contributed by atoms with E-state index < -0.39 is 0 Å². The number of aromatic nitrogens is 2. The largest absolute Gasteiger partial charge is 0.361 e. The Morgan fingerprint density at radius 1 is 1.11 bits per heavy atom. The number of benzene rings is 1. The summed E-state index contributed by atoms with van der Waals surface area (Å²) in [5, 5.41) is 9.50. The summed E-state index contributed by atoms with van der Waals surface area (Å²) in [4.78, 5) is 29.1. The molecule has 0 saturated carbocycles. The van der Waals surface area contributed by atoms with Crippen LogP contribution in [0.4, 0.5) is 5.69 Å². The lowest BCUT2D eigenvalue weighted by Gasteiger charge is -2.08. The van der Waals surface area contributed by atoms with E-state index in [1.165, 1.54) is 0 Å². The van der Waals surface area contributed by atoms with Crippen molar-refractivity contribution in [1.29, 1.82) is 0 Å². The number of hydrogen-bond donors (Lipinski definition) is 2. The number of anilines is 1. The summed E-state index contributed by atoms with van der Waals surface area (Å²) in [7, 11) is 0. The topological polar surface area (TPSA) is 97.1 Å². The molecule has 2 N–H and O–H groups in total. The van der Waals surface area contributed by atoms with Crippen LogP contribution in [0, 0.1) is 6.92 Å². The van der Waals surface area contributed by atoms with Gasteiger partial charge in [0.2, 0.25) is 0 Å². The van der Waals surface area contributed by atoms with E-state index in [9.17, 15) is 9.59 Å². The van der Waals surface area contributed by atoms with Crippen LogP contribution < -0.4 is 10.6 Å². The molecule has 0 radical (unpaired) electrons. The molecule has 7 nitrogen and oxygen atoms in total. The monoisotopic (exact) mass is 364 g/mol. The van der Waals surface area contributed by atoms with Crippen molar-refractivity contribution in [1.82, 2.24) is 15.5 Å². The van der Waals surface area contributed by atoms with Crippen LogP contribution in [0.1, 0.15) is 44.8 Å². The number of amides is 2. The molecule has 2 aromatic heterocycles. The highest BCUT2D eigenvalue weighted by molar-refractivity contribution is 6.06. The summed E-state index contributed by atoms with van der Waals surface area (Å²) in [6.07, 6.45) is 2.27. The molecule has 7 heteroatoms. The van der Waals surface area contributed by atoms with E-state index in [0.717, 1.165) is 5.69 Å². The van der Waals surface area contributed by atoms with E-state index in [0.29, 0.717) is 41.2 Å². The molecule has 2 heterocycles. The Morgan fingerprint density at radius 3 is 2.70 bits per heavy atom. The van der Waals surface area contributed by atoms with Gasteiger partial charge in [0.1, 0.15) is 11.3 Å². The van der Waals surface area contributed by atoms with Crippen LogP contribution in [-0.2, 0) is 13.0 Å². The molecule has 138 valence electrons. The lowest BCUT2D eigenvalue weighted by molar-refractivity contribution is 0.0949. The standard InChI is InChI=1S/C20H20N4O3/c1-3-17-18(13(2)27-24-17)20(26)23-15-9-6-7-14(11-15)19(25)22-12-16-8-4-5-10-21-16/h4-11H,3,12H2,1-2H3,(H,22,25)(H,23,26). The first-order valence-electron chi connectivity index (χ1n) is 8.63. The highest BCUT2D eigenvalue weighted by Gasteiger charge is 2.19. The van der Waals surface area contributed by atoms with Gasteiger partial charge in [-0.05, 0) is 43.7 Å². The number of carbonyl (C=O) groups excluding carboxylic acids is 2. The lowest BCUT2D eigenvalue weighted by Crippen LogP contribution is -2.23. The summed E-state index contributed by atoms with van der Waals surface area (Å²) in [6, 6.07) is 12.3. The first-order chi connectivity index (χ1) is 13.1. The molecule has 1 aromatic carbocycles. The maximum Gasteiger partial charge on any atom is 0.261 e. The van der Waals surface area contributed by atoms with Crippen molar-refractivity contribution in [2.24, 2.45) is 0 Å². The number of nitrogens with one attached hydrogen (secondary N) is 2. The molecule has 2 amide bonds. The quantitative estimate of drug-likeness (QED) is 0.700. The zero-order valence-corrected chi connectivity index (χ0v) is 15.2. The Kier molecular flexibility index (Phi) is 5.61. The van der Waals surface area contributed by atoms with Gasteiger partial charge in [-0.1, -0.05) is 24.2 Å². The van der Waals surface area contributed by atoms with Crippen LogP contribution in [0.3, 0.4) is 0 Å². The number of aryl methyl sites for hydroxylation is 2. The minimum absolute atomic E-state index is 0.243. The van der Waals surface area contributed by atoms with Gasteiger partial charge < -0.3 is 15.2 Å². The lowest BCUT2D eigenvalue weighted by atomic mass is 10.1. The summed E-state index contributed by atoms with van der Waals surface area (Å²) in [5.74, 6) is -0.0857. The normalized spacial score (nSPS) is 10.4. The van der Waals surface area contributed by atoms with Crippen LogP contribution in [-0.4, -0.2) is 22.0 Å². The number of pyridine rings is 1. The third-order valence-electron chi connectivity index (χ3n) is 4.03. The van der Waals surface area contributed by atoms with Crippen LogP contribution >= 0.6 is 0 Å². The molecular formula is C20H20N4O3. The maximum absolute atomic E-state index is 12.5. The van der Waals surface area contributed by atoms with E-state index >= 15 is 0 Å². The van der Waals surface area contributed by atoms with Crippen molar-refractivity contribution in [3.63, 3.8) is 0 Å². The minimum atomic E-state index is -0.309. The van der Waals surface area contributed by atoms with E-state index in [4.69, 9.17) is 4.52 Å². The number of hydrogen-bond acceptors (Lipinski definition) is 5. The molecule has 0 fully saturated rings. The second kappa shape index (κ2) is 8.27. The van der Waals surface area contributed by atoms with Gasteiger partial charge in [0.25, 0.3) is 11.8 Å². The Bertz CT molecular complexity index is 951. The molecule has 0 atom stereocenters. The van der Waals surface area contributed by atoms with Gasteiger partial charge in [-0.25, -0.2) is 0 Å².